The topological polar surface area (TPSA) is 102 Å². The maximum Gasteiger partial charge on any atom is 0.269 e. The molecule has 1 aliphatic heterocycles. The fourth-order valence-electron chi connectivity index (χ4n) is 3.75. The van der Waals surface area contributed by atoms with Crippen LogP contribution in [-0.4, -0.2) is 34.4 Å². The van der Waals surface area contributed by atoms with Crippen molar-refractivity contribution in [3.63, 3.8) is 0 Å². The smallest absolute Gasteiger partial charge is 0.269 e. The molecular weight excluding hydrogens is 386 g/mol. The van der Waals surface area contributed by atoms with Crippen molar-refractivity contribution in [3.8, 4) is 5.75 Å². The number of carbonyl (C=O) groups is 2. The molecule has 1 saturated heterocycles. The lowest BCUT2D eigenvalue weighted by atomic mass is 9.71. The first-order valence-electron chi connectivity index (χ1n) is 9.94. The molecule has 8 nitrogen and oxygen atoms in total. The Morgan fingerprint density at radius 3 is 2.33 bits per heavy atom. The summed E-state index contributed by atoms with van der Waals surface area (Å²) in [4.78, 5) is 37.1. The number of nitrogens with one attached hydrogen (secondary N) is 1. The number of amides is 2. The van der Waals surface area contributed by atoms with Crippen LogP contribution in [0.3, 0.4) is 0 Å². The van der Waals surface area contributed by atoms with Gasteiger partial charge in [-0.15, -0.1) is 0 Å². The second-order valence-corrected chi connectivity index (χ2v) is 7.28. The van der Waals surface area contributed by atoms with Crippen LogP contribution in [0.2, 0.25) is 0 Å². The molecule has 2 aromatic rings. The predicted octanol–water partition coefficient (Wildman–Crippen LogP) is 3.26. The van der Waals surface area contributed by atoms with E-state index in [1.807, 2.05) is 44.2 Å². The van der Waals surface area contributed by atoms with Crippen molar-refractivity contribution in [3.05, 3.63) is 70.3 Å². The van der Waals surface area contributed by atoms with E-state index in [4.69, 9.17) is 4.74 Å². The van der Waals surface area contributed by atoms with Crippen LogP contribution < -0.4 is 10.1 Å². The molecule has 1 atom stereocenters. The molecular formula is C22H25N3O5. The van der Waals surface area contributed by atoms with E-state index in [0.29, 0.717) is 25.1 Å². The maximum atomic E-state index is 12.9. The van der Waals surface area contributed by atoms with Crippen LogP contribution in [0.4, 0.5) is 5.69 Å². The summed E-state index contributed by atoms with van der Waals surface area (Å²) in [5.41, 5.74) is 0.221. The quantitative estimate of drug-likeness (QED) is 0.388. The van der Waals surface area contributed by atoms with E-state index in [0.717, 1.165) is 5.56 Å². The number of carbonyl (C=O) groups excluding carboxylic acids is 2. The van der Waals surface area contributed by atoms with Crippen LogP contribution in [-0.2, 0) is 16.1 Å². The van der Waals surface area contributed by atoms with Gasteiger partial charge in [-0.05, 0) is 30.5 Å². The van der Waals surface area contributed by atoms with E-state index in [9.17, 15) is 19.7 Å². The van der Waals surface area contributed by atoms with Gasteiger partial charge in [-0.3, -0.25) is 24.6 Å². The summed E-state index contributed by atoms with van der Waals surface area (Å²) in [5.74, 6) is 0.0265. The van der Waals surface area contributed by atoms with Gasteiger partial charge < -0.3 is 10.1 Å². The normalized spacial score (nSPS) is 17.2. The monoisotopic (exact) mass is 411 g/mol. The fraction of sp³-hybridized carbons (Fsp3) is 0.364. The molecule has 0 radical (unpaired) electrons. The number of ether oxygens (including phenoxy) is 1. The number of β-lactam (4-membered cyclic amide) rings is 1. The number of non-ortho nitro benzene ring substituents is 1. The molecule has 0 aliphatic carbocycles. The van der Waals surface area contributed by atoms with Crippen molar-refractivity contribution < 1.29 is 19.2 Å². The third kappa shape index (κ3) is 4.12. The first kappa shape index (κ1) is 21.3. The largest absolute Gasteiger partial charge is 0.469 e. The van der Waals surface area contributed by atoms with Crippen molar-refractivity contribution in [1.29, 1.82) is 0 Å². The van der Waals surface area contributed by atoms with E-state index in [1.54, 1.807) is 0 Å². The summed E-state index contributed by atoms with van der Waals surface area (Å²) in [6.07, 6.45) is 0.536. The lowest BCUT2D eigenvalue weighted by molar-refractivity contribution is -0.384. The van der Waals surface area contributed by atoms with E-state index < -0.39 is 16.6 Å². The molecule has 1 heterocycles. The van der Waals surface area contributed by atoms with Crippen LogP contribution in [0, 0.1) is 15.5 Å². The molecule has 8 heteroatoms. The Balaban J connectivity index is 1.69. The molecule has 0 saturated carbocycles. The minimum absolute atomic E-state index is 0.0403. The van der Waals surface area contributed by atoms with Crippen LogP contribution in [0.15, 0.2) is 54.6 Å². The first-order valence-corrected chi connectivity index (χ1v) is 9.94. The van der Waals surface area contributed by atoms with E-state index in [2.05, 4.69) is 5.32 Å². The lowest BCUT2D eigenvalue weighted by Crippen LogP contribution is -2.72. The molecule has 1 unspecified atom stereocenters. The average Bonchev–Trinajstić information content (AvgIpc) is 2.77. The molecule has 158 valence electrons. The number of nitro benzene ring substituents is 1. The molecule has 2 amide bonds. The van der Waals surface area contributed by atoms with Gasteiger partial charge in [0.1, 0.15) is 17.7 Å². The number of nitro groups is 1. The lowest BCUT2D eigenvalue weighted by Gasteiger charge is -2.54. The van der Waals surface area contributed by atoms with Gasteiger partial charge in [-0.25, -0.2) is 0 Å². The number of benzene rings is 2. The van der Waals surface area contributed by atoms with Crippen LogP contribution in [0.5, 0.6) is 5.75 Å². The maximum absolute atomic E-state index is 12.9. The molecule has 3 rings (SSSR count). The Kier molecular flexibility index (Phi) is 6.34. The van der Waals surface area contributed by atoms with Gasteiger partial charge in [0, 0.05) is 18.7 Å². The van der Waals surface area contributed by atoms with Gasteiger partial charge in [-0.2, -0.15) is 0 Å². The van der Waals surface area contributed by atoms with Gasteiger partial charge in [0.05, 0.1) is 4.92 Å². The van der Waals surface area contributed by atoms with Crippen LogP contribution >= 0.6 is 0 Å². The summed E-state index contributed by atoms with van der Waals surface area (Å²) in [7, 11) is 0. The molecule has 0 bridgehead atoms. The van der Waals surface area contributed by atoms with Crippen molar-refractivity contribution in [1.82, 2.24) is 10.2 Å². The molecule has 1 N–H and O–H groups in total. The van der Waals surface area contributed by atoms with E-state index in [1.165, 1.54) is 29.2 Å². The van der Waals surface area contributed by atoms with Gasteiger partial charge in [0.15, 0.2) is 6.23 Å². The standard InChI is InChI=1S/C22H25N3O5/c1-3-22(4-2)20(27)24(15-19(26)23-14-16-8-6-5-7-9-16)21(22)30-18-12-10-17(11-13-18)25(28)29/h5-13,21H,3-4,14-15H2,1-2H3,(H,23,26). The van der Waals surface area contributed by atoms with Crippen LogP contribution in [0.1, 0.15) is 32.3 Å². The van der Waals surface area contributed by atoms with E-state index in [-0.39, 0.29) is 24.0 Å². The van der Waals surface area contributed by atoms with Gasteiger partial charge in [-0.1, -0.05) is 44.2 Å². The Bertz CT molecular complexity index is 910. The Morgan fingerprint density at radius 1 is 1.13 bits per heavy atom. The zero-order chi connectivity index (χ0) is 21.7. The first-order chi connectivity index (χ1) is 14.4. The highest BCUT2D eigenvalue weighted by Gasteiger charge is 2.60. The summed E-state index contributed by atoms with van der Waals surface area (Å²) in [6.45, 7) is 4.11. The summed E-state index contributed by atoms with van der Waals surface area (Å²) < 4.78 is 6.03. The highest BCUT2D eigenvalue weighted by atomic mass is 16.6. The fourth-order valence-corrected chi connectivity index (χ4v) is 3.75. The van der Waals surface area contributed by atoms with Crippen molar-refractivity contribution in [2.24, 2.45) is 5.41 Å². The molecule has 30 heavy (non-hydrogen) atoms. The van der Waals surface area contributed by atoms with Crippen molar-refractivity contribution in [2.45, 2.75) is 39.5 Å². The number of nitrogens with zero attached hydrogens (tertiary/aromatic N) is 2. The Hall–Kier alpha value is -3.42. The molecule has 2 aromatic carbocycles. The average molecular weight is 411 g/mol. The van der Waals surface area contributed by atoms with Gasteiger partial charge >= 0.3 is 0 Å². The minimum Gasteiger partial charge on any atom is -0.469 e. The number of rotatable bonds is 9. The highest BCUT2D eigenvalue weighted by molar-refractivity contribution is 5.93. The van der Waals surface area contributed by atoms with Crippen molar-refractivity contribution in [2.75, 3.05) is 6.54 Å². The zero-order valence-corrected chi connectivity index (χ0v) is 17.0. The summed E-state index contributed by atoms with van der Waals surface area (Å²) in [6, 6.07) is 15.2. The SMILES string of the molecule is CCC1(CC)C(=O)N(CC(=O)NCc2ccccc2)C1Oc1ccc([N+](=O)[O-])cc1. The van der Waals surface area contributed by atoms with Gasteiger partial charge in [0.25, 0.3) is 5.69 Å². The summed E-state index contributed by atoms with van der Waals surface area (Å²) in [5, 5.41) is 13.7. The molecule has 1 aliphatic rings. The van der Waals surface area contributed by atoms with Gasteiger partial charge in [0.2, 0.25) is 11.8 Å². The third-order valence-corrected chi connectivity index (χ3v) is 5.65. The van der Waals surface area contributed by atoms with Crippen molar-refractivity contribution >= 4 is 17.5 Å². The second kappa shape index (κ2) is 8.94. The summed E-state index contributed by atoms with van der Waals surface area (Å²) >= 11 is 0. The van der Waals surface area contributed by atoms with Crippen LogP contribution in [0.25, 0.3) is 0 Å². The van der Waals surface area contributed by atoms with E-state index >= 15 is 0 Å². The number of hydrogen-bond acceptors (Lipinski definition) is 5. The zero-order valence-electron chi connectivity index (χ0n) is 17.0. The molecule has 0 aromatic heterocycles. The molecule has 0 spiro atoms. The number of likely N-dealkylation sites (tertiary alicyclic amines) is 1. The minimum atomic E-state index is -0.707. The molecule has 1 fully saturated rings. The second-order valence-electron chi connectivity index (χ2n) is 7.28. The number of hydrogen-bond donors (Lipinski definition) is 1. The Morgan fingerprint density at radius 2 is 1.77 bits per heavy atom. The third-order valence-electron chi connectivity index (χ3n) is 5.65. The highest BCUT2D eigenvalue weighted by Crippen LogP contribution is 2.45. The Labute approximate surface area is 175 Å². The predicted molar refractivity (Wildman–Crippen MR) is 111 cm³/mol.